The highest BCUT2D eigenvalue weighted by Gasteiger charge is 2.46. The van der Waals surface area contributed by atoms with Gasteiger partial charge in [-0.05, 0) is 42.7 Å². The van der Waals surface area contributed by atoms with Crippen LogP contribution in [0.4, 0.5) is 0 Å². The predicted octanol–water partition coefficient (Wildman–Crippen LogP) is 5.28. The largest absolute Gasteiger partial charge is 0.460 e. The molecule has 2 aromatic rings. The average molecular weight is 474 g/mol. The Bertz CT molecular complexity index is 996. The number of benzene rings is 1. The molecule has 33 heavy (non-hydrogen) atoms. The normalized spacial score (nSPS) is 22.6. The standard InChI is InChI=1S/C26H32ClNO5/c1-4-26(30,20-14-22(27)28-23-18(20)15-31-16-32-23)24(29)33-21-13-9-8-12-19(21)25(2,3)17-10-6-5-7-11-17/h5-7,10-11,14,19,21,30H,4,8-9,12-13,15-16H2,1-3H3/t19-,21-,26+/m1/s1. The summed E-state index contributed by atoms with van der Waals surface area (Å²) in [5.74, 6) is -0.245. The smallest absolute Gasteiger partial charge is 0.343 e. The number of rotatable bonds is 6. The molecule has 0 radical (unpaired) electrons. The van der Waals surface area contributed by atoms with E-state index >= 15 is 0 Å². The summed E-state index contributed by atoms with van der Waals surface area (Å²) >= 11 is 6.20. The summed E-state index contributed by atoms with van der Waals surface area (Å²) in [7, 11) is 0. The molecular formula is C26H32ClNO5. The lowest BCUT2D eigenvalue weighted by Crippen LogP contribution is -2.46. The lowest BCUT2D eigenvalue weighted by atomic mass is 9.66. The van der Waals surface area contributed by atoms with Crippen LogP contribution < -0.4 is 4.74 Å². The van der Waals surface area contributed by atoms with Gasteiger partial charge in [0, 0.05) is 17.0 Å². The molecule has 4 rings (SSSR count). The zero-order valence-electron chi connectivity index (χ0n) is 19.5. The van der Waals surface area contributed by atoms with E-state index in [4.69, 9.17) is 25.8 Å². The Morgan fingerprint density at radius 3 is 2.70 bits per heavy atom. The average Bonchev–Trinajstić information content (AvgIpc) is 2.83. The zero-order chi connectivity index (χ0) is 23.6. The first-order valence-corrected chi connectivity index (χ1v) is 12.0. The topological polar surface area (TPSA) is 77.9 Å². The van der Waals surface area contributed by atoms with Crippen LogP contribution in [-0.4, -0.2) is 29.0 Å². The Kier molecular flexibility index (Phi) is 6.99. The van der Waals surface area contributed by atoms with Gasteiger partial charge in [-0.3, -0.25) is 0 Å². The number of halogens is 1. The predicted molar refractivity (Wildman–Crippen MR) is 125 cm³/mol. The molecule has 1 N–H and O–H groups in total. The summed E-state index contributed by atoms with van der Waals surface area (Å²) in [6, 6.07) is 11.8. The third-order valence-electron chi connectivity index (χ3n) is 7.28. The molecule has 0 unspecified atom stereocenters. The van der Waals surface area contributed by atoms with Crippen molar-refractivity contribution in [3.63, 3.8) is 0 Å². The van der Waals surface area contributed by atoms with E-state index < -0.39 is 11.6 Å². The Hall–Kier alpha value is -2.15. The zero-order valence-corrected chi connectivity index (χ0v) is 20.2. The molecule has 0 bridgehead atoms. The number of ether oxygens (including phenoxy) is 3. The van der Waals surface area contributed by atoms with Crippen LogP contribution in [0.3, 0.4) is 0 Å². The molecule has 1 aromatic heterocycles. The Morgan fingerprint density at radius 2 is 1.97 bits per heavy atom. The molecule has 1 aliphatic carbocycles. The minimum Gasteiger partial charge on any atom is -0.460 e. The number of esters is 1. The first-order chi connectivity index (χ1) is 15.8. The summed E-state index contributed by atoms with van der Waals surface area (Å²) < 4.78 is 17.0. The molecule has 3 atom stereocenters. The second-order valence-corrected chi connectivity index (χ2v) is 9.91. The highest BCUT2D eigenvalue weighted by Crippen LogP contribution is 2.44. The van der Waals surface area contributed by atoms with Crippen molar-refractivity contribution in [1.82, 2.24) is 4.98 Å². The maximum Gasteiger partial charge on any atom is 0.343 e. The van der Waals surface area contributed by atoms with Gasteiger partial charge in [0.05, 0.1) is 6.61 Å². The van der Waals surface area contributed by atoms with Crippen molar-refractivity contribution >= 4 is 17.6 Å². The third-order valence-corrected chi connectivity index (χ3v) is 7.47. The van der Waals surface area contributed by atoms with E-state index in [2.05, 4.69) is 31.0 Å². The van der Waals surface area contributed by atoms with E-state index in [1.807, 2.05) is 18.2 Å². The van der Waals surface area contributed by atoms with Crippen molar-refractivity contribution in [1.29, 1.82) is 0 Å². The molecule has 1 aliphatic heterocycles. The van der Waals surface area contributed by atoms with Crippen LogP contribution in [0.25, 0.3) is 0 Å². The minimum absolute atomic E-state index is 0.0487. The van der Waals surface area contributed by atoms with Crippen LogP contribution in [0.1, 0.15) is 69.6 Å². The maximum atomic E-state index is 13.6. The number of hydrogen-bond acceptors (Lipinski definition) is 6. The Balaban J connectivity index is 1.63. The molecule has 1 fully saturated rings. The van der Waals surface area contributed by atoms with Gasteiger partial charge in [0.25, 0.3) is 0 Å². The summed E-state index contributed by atoms with van der Waals surface area (Å²) in [4.78, 5) is 17.7. The van der Waals surface area contributed by atoms with Gasteiger partial charge in [0.1, 0.15) is 11.3 Å². The van der Waals surface area contributed by atoms with Crippen LogP contribution >= 0.6 is 11.6 Å². The summed E-state index contributed by atoms with van der Waals surface area (Å²) in [6.45, 7) is 6.39. The van der Waals surface area contributed by atoms with E-state index in [0.717, 1.165) is 25.7 Å². The fourth-order valence-corrected chi connectivity index (χ4v) is 5.40. The van der Waals surface area contributed by atoms with E-state index in [0.29, 0.717) is 11.1 Å². The van der Waals surface area contributed by atoms with E-state index in [-0.39, 0.29) is 48.3 Å². The molecule has 0 amide bonds. The monoisotopic (exact) mass is 473 g/mol. The quantitative estimate of drug-likeness (QED) is 0.454. The molecule has 0 spiro atoms. The molecular weight excluding hydrogens is 442 g/mol. The van der Waals surface area contributed by atoms with Gasteiger partial charge in [-0.25, -0.2) is 9.78 Å². The van der Waals surface area contributed by atoms with Gasteiger partial charge in [0.2, 0.25) is 5.88 Å². The lowest BCUT2D eigenvalue weighted by Gasteiger charge is -2.43. The fraction of sp³-hybridized carbons (Fsp3) is 0.538. The number of aliphatic hydroxyl groups is 1. The highest BCUT2D eigenvalue weighted by atomic mass is 35.5. The Labute approximate surface area is 200 Å². The van der Waals surface area contributed by atoms with Gasteiger partial charge in [0.15, 0.2) is 12.4 Å². The van der Waals surface area contributed by atoms with E-state index in [9.17, 15) is 9.90 Å². The van der Waals surface area contributed by atoms with Crippen LogP contribution in [0.15, 0.2) is 36.4 Å². The van der Waals surface area contributed by atoms with Gasteiger partial charge in [-0.2, -0.15) is 0 Å². The van der Waals surface area contributed by atoms with Gasteiger partial charge >= 0.3 is 5.97 Å². The molecule has 2 aliphatic rings. The SMILES string of the molecule is CC[C@@](O)(C(=O)O[C@@H]1CCCC[C@H]1C(C)(C)c1ccccc1)c1cc(Cl)nc2c1COCO2. The summed E-state index contributed by atoms with van der Waals surface area (Å²) in [5, 5.41) is 11.7. The Morgan fingerprint density at radius 1 is 1.24 bits per heavy atom. The van der Waals surface area contributed by atoms with Crippen molar-refractivity contribution in [2.75, 3.05) is 6.79 Å². The second kappa shape index (κ2) is 9.61. The molecule has 1 saturated carbocycles. The number of pyridine rings is 1. The number of hydrogen-bond donors (Lipinski definition) is 1. The molecule has 6 nitrogen and oxygen atoms in total. The molecule has 178 valence electrons. The highest BCUT2D eigenvalue weighted by molar-refractivity contribution is 6.29. The van der Waals surface area contributed by atoms with Crippen LogP contribution in [0, 0.1) is 5.92 Å². The summed E-state index contributed by atoms with van der Waals surface area (Å²) in [5.41, 5.74) is 0.0151. The number of nitrogens with zero attached hydrogens (tertiary/aromatic N) is 1. The molecule has 1 aromatic carbocycles. The molecule has 0 saturated heterocycles. The number of carbonyl (C=O) groups excluding carboxylic acids is 1. The lowest BCUT2D eigenvalue weighted by molar-refractivity contribution is -0.179. The first-order valence-electron chi connectivity index (χ1n) is 11.7. The van der Waals surface area contributed by atoms with Crippen molar-refractivity contribution in [3.8, 4) is 5.88 Å². The van der Waals surface area contributed by atoms with Crippen LogP contribution in [-0.2, 0) is 31.9 Å². The van der Waals surface area contributed by atoms with Gasteiger partial charge in [-0.15, -0.1) is 0 Å². The molecule has 7 heteroatoms. The van der Waals surface area contributed by atoms with Crippen molar-refractivity contribution in [2.45, 2.75) is 76.6 Å². The maximum absolute atomic E-state index is 13.6. The van der Waals surface area contributed by atoms with Gasteiger partial charge in [-0.1, -0.05) is 69.1 Å². The number of aromatic nitrogens is 1. The van der Waals surface area contributed by atoms with Crippen LogP contribution in [0.5, 0.6) is 5.88 Å². The number of fused-ring (bicyclic) bond motifs is 1. The molecule has 2 heterocycles. The van der Waals surface area contributed by atoms with Crippen molar-refractivity contribution in [3.05, 3.63) is 58.2 Å². The third kappa shape index (κ3) is 4.61. The van der Waals surface area contributed by atoms with Crippen molar-refractivity contribution in [2.24, 2.45) is 5.92 Å². The van der Waals surface area contributed by atoms with Crippen LogP contribution in [0.2, 0.25) is 5.15 Å². The van der Waals surface area contributed by atoms with E-state index in [1.165, 1.54) is 11.6 Å². The second-order valence-electron chi connectivity index (χ2n) is 9.52. The van der Waals surface area contributed by atoms with Crippen molar-refractivity contribution < 1.29 is 24.1 Å². The minimum atomic E-state index is -1.88. The summed E-state index contributed by atoms with van der Waals surface area (Å²) in [6.07, 6.45) is 3.64. The van der Waals surface area contributed by atoms with Gasteiger partial charge < -0.3 is 19.3 Å². The fourth-order valence-electron chi connectivity index (χ4n) is 5.21. The first kappa shape index (κ1) is 24.0. The van der Waals surface area contributed by atoms with E-state index in [1.54, 1.807) is 6.92 Å². The number of carbonyl (C=O) groups is 1.